The molecule has 2 aliphatic rings. The fourth-order valence-corrected chi connectivity index (χ4v) is 8.27. The van der Waals surface area contributed by atoms with Crippen LogP contribution in [0.4, 0.5) is 0 Å². The number of hydrogen-bond donors (Lipinski definition) is 0. The number of benzene rings is 6. The van der Waals surface area contributed by atoms with Crippen LogP contribution in [0.1, 0.15) is 43.4 Å². The summed E-state index contributed by atoms with van der Waals surface area (Å²) in [5.74, 6) is 1.03. The smallest absolute Gasteiger partial charge is 0.145 e. The molecular formula is C54H44N2. The minimum atomic E-state index is 0.0810. The second kappa shape index (κ2) is 15.2. The van der Waals surface area contributed by atoms with E-state index in [0.717, 1.165) is 52.1 Å². The Balaban J connectivity index is 1.06. The lowest BCUT2D eigenvalue weighted by molar-refractivity contribution is 1.04. The molecule has 1 aromatic heterocycles. The third-order valence-electron chi connectivity index (χ3n) is 11.2. The summed E-state index contributed by atoms with van der Waals surface area (Å²) in [6.45, 7) is 8.94. The molecule has 0 saturated carbocycles. The molecule has 0 bridgehead atoms. The van der Waals surface area contributed by atoms with E-state index < -0.39 is 0 Å². The third-order valence-corrected chi connectivity index (χ3v) is 11.2. The van der Waals surface area contributed by atoms with E-state index in [1.807, 2.05) is 0 Å². The monoisotopic (exact) mass is 720 g/mol. The minimum Gasteiger partial charge on any atom is -0.293 e. The highest BCUT2D eigenvalue weighted by atomic mass is 15.1. The second-order valence-corrected chi connectivity index (χ2v) is 14.6. The van der Waals surface area contributed by atoms with Crippen molar-refractivity contribution >= 4 is 55.0 Å². The Morgan fingerprint density at radius 3 is 2.11 bits per heavy atom. The van der Waals surface area contributed by atoms with Crippen LogP contribution in [0.25, 0.3) is 66.4 Å². The third kappa shape index (κ3) is 6.54. The van der Waals surface area contributed by atoms with Crippen LogP contribution in [0.2, 0.25) is 0 Å². The minimum absolute atomic E-state index is 0.0810. The molecule has 9 rings (SSSR count). The van der Waals surface area contributed by atoms with E-state index >= 15 is 0 Å². The van der Waals surface area contributed by atoms with Gasteiger partial charge in [0.25, 0.3) is 0 Å². The van der Waals surface area contributed by atoms with Gasteiger partial charge in [0.2, 0.25) is 0 Å². The topological polar surface area (TPSA) is 17.8 Å². The van der Waals surface area contributed by atoms with Gasteiger partial charge in [-0.1, -0.05) is 171 Å². The number of nitrogens with zero attached hydrogens (tertiary/aromatic N) is 2. The molecule has 2 aliphatic carbocycles. The van der Waals surface area contributed by atoms with E-state index in [1.54, 1.807) is 0 Å². The van der Waals surface area contributed by atoms with Gasteiger partial charge in [-0.15, -0.1) is 0 Å². The molecule has 0 spiro atoms. The van der Waals surface area contributed by atoms with Gasteiger partial charge in [0.1, 0.15) is 5.82 Å². The van der Waals surface area contributed by atoms with Gasteiger partial charge in [-0.2, -0.15) is 0 Å². The van der Waals surface area contributed by atoms with Gasteiger partial charge in [0.05, 0.1) is 11.0 Å². The van der Waals surface area contributed by atoms with Crippen molar-refractivity contribution in [2.75, 3.05) is 0 Å². The van der Waals surface area contributed by atoms with Crippen molar-refractivity contribution in [2.24, 2.45) is 5.92 Å². The highest BCUT2D eigenvalue weighted by Gasteiger charge is 2.26. The average molecular weight is 721 g/mol. The van der Waals surface area contributed by atoms with Crippen LogP contribution in [0.3, 0.4) is 0 Å². The van der Waals surface area contributed by atoms with E-state index in [4.69, 9.17) is 4.98 Å². The summed E-state index contributed by atoms with van der Waals surface area (Å²) in [7, 11) is 0. The summed E-state index contributed by atoms with van der Waals surface area (Å²) in [5, 5.41) is 4.97. The van der Waals surface area contributed by atoms with Crippen LogP contribution in [0, 0.1) is 5.92 Å². The first-order valence-electron chi connectivity index (χ1n) is 19.7. The molecule has 1 atom stereocenters. The summed E-state index contributed by atoms with van der Waals surface area (Å²) in [5.41, 5.74) is 14.1. The number of para-hydroxylation sites is 2. The van der Waals surface area contributed by atoms with Gasteiger partial charge in [0, 0.05) is 17.2 Å². The normalized spacial score (nSPS) is 16.6. The maximum absolute atomic E-state index is 5.11. The Labute approximate surface area is 329 Å². The Hall–Kier alpha value is -6.77. The molecule has 7 aromatic rings. The van der Waals surface area contributed by atoms with Crippen LogP contribution in [-0.4, -0.2) is 9.55 Å². The zero-order valence-corrected chi connectivity index (χ0v) is 32.0. The predicted molar refractivity (Wildman–Crippen MR) is 241 cm³/mol. The molecule has 0 aliphatic heterocycles. The van der Waals surface area contributed by atoms with Crippen molar-refractivity contribution < 1.29 is 0 Å². The van der Waals surface area contributed by atoms with Crippen molar-refractivity contribution in [1.82, 2.24) is 9.55 Å². The van der Waals surface area contributed by atoms with E-state index in [9.17, 15) is 0 Å². The van der Waals surface area contributed by atoms with Crippen LogP contribution in [0.15, 0.2) is 206 Å². The Kier molecular flexibility index (Phi) is 9.47. The van der Waals surface area contributed by atoms with Crippen LogP contribution in [-0.2, 0) is 0 Å². The molecule has 1 heterocycles. The largest absolute Gasteiger partial charge is 0.293 e. The first-order chi connectivity index (χ1) is 27.6. The van der Waals surface area contributed by atoms with Gasteiger partial charge >= 0.3 is 0 Å². The highest BCUT2D eigenvalue weighted by Crippen LogP contribution is 2.44. The second-order valence-electron chi connectivity index (χ2n) is 14.6. The number of hydrogen-bond acceptors (Lipinski definition) is 1. The van der Waals surface area contributed by atoms with Gasteiger partial charge in [-0.05, 0) is 116 Å². The number of allylic oxidation sites excluding steroid dienone is 15. The maximum atomic E-state index is 5.11. The summed E-state index contributed by atoms with van der Waals surface area (Å²) < 4.78 is 2.27. The zero-order chi connectivity index (χ0) is 38.0. The van der Waals surface area contributed by atoms with E-state index in [2.05, 4.69) is 213 Å². The van der Waals surface area contributed by atoms with Crippen molar-refractivity contribution in [2.45, 2.75) is 26.7 Å². The Bertz CT molecular complexity index is 2880. The molecule has 0 amide bonds. The lowest BCUT2D eigenvalue weighted by Crippen LogP contribution is -2.07. The van der Waals surface area contributed by atoms with E-state index in [-0.39, 0.29) is 5.92 Å². The van der Waals surface area contributed by atoms with Gasteiger partial charge in [-0.3, -0.25) is 4.57 Å². The molecule has 0 N–H and O–H groups in total. The van der Waals surface area contributed by atoms with Gasteiger partial charge in [0.15, 0.2) is 0 Å². The molecule has 2 heteroatoms. The fourth-order valence-electron chi connectivity index (χ4n) is 8.27. The number of fused-ring (bicyclic) bond motifs is 3. The fraction of sp³-hybridized carbons (Fsp3) is 0.0926. The van der Waals surface area contributed by atoms with Crippen molar-refractivity contribution in [3.8, 4) is 11.4 Å². The number of imidazole rings is 1. The molecule has 2 nitrogen and oxygen atoms in total. The van der Waals surface area contributed by atoms with Gasteiger partial charge < -0.3 is 0 Å². The van der Waals surface area contributed by atoms with Gasteiger partial charge in [-0.25, -0.2) is 4.98 Å². The molecule has 0 radical (unpaired) electrons. The molecule has 0 fully saturated rings. The summed E-state index contributed by atoms with van der Waals surface area (Å²) in [6.07, 6.45) is 22.2. The molecule has 0 saturated heterocycles. The lowest BCUT2D eigenvalue weighted by Gasteiger charge is -2.25. The molecule has 1 unspecified atom stereocenters. The number of aromatic nitrogens is 2. The maximum Gasteiger partial charge on any atom is 0.145 e. The summed E-state index contributed by atoms with van der Waals surface area (Å²) >= 11 is 0. The quantitative estimate of drug-likeness (QED) is 0.136. The molecular weight excluding hydrogens is 677 g/mol. The zero-order valence-electron chi connectivity index (χ0n) is 32.0. The predicted octanol–water partition coefficient (Wildman–Crippen LogP) is 14.5. The van der Waals surface area contributed by atoms with Crippen LogP contribution >= 0.6 is 0 Å². The van der Waals surface area contributed by atoms with Crippen LogP contribution in [0.5, 0.6) is 0 Å². The lowest BCUT2D eigenvalue weighted by atomic mass is 9.79. The molecule has 56 heavy (non-hydrogen) atoms. The summed E-state index contributed by atoms with van der Waals surface area (Å²) in [4.78, 5) is 5.11. The average Bonchev–Trinajstić information content (AvgIpc) is 3.90. The first kappa shape index (κ1) is 35.0. The van der Waals surface area contributed by atoms with Crippen molar-refractivity contribution in [1.29, 1.82) is 0 Å². The Morgan fingerprint density at radius 2 is 1.41 bits per heavy atom. The molecule has 6 aromatic carbocycles. The Morgan fingerprint density at radius 1 is 0.750 bits per heavy atom. The van der Waals surface area contributed by atoms with Crippen molar-refractivity contribution in [3.63, 3.8) is 0 Å². The number of rotatable bonds is 9. The standard InChI is InChI=1S/C54H44N2/c1-4-6-18-48(5-2)56-52-22-12-11-21-51(52)55-54(56)43-31-25-41(26-32-43)40-23-29-42(30-24-40)53(47-34-28-39-15-8-10-17-46(39)36-47)50-20-13-19-49(50)37(3)44-33-27-38-14-7-9-16-45(38)35-44/h5-29,31-36,50H,3-4,30H2,1-2H3/b18-6-,48-5+,53-42-. The van der Waals surface area contributed by atoms with Crippen molar-refractivity contribution in [3.05, 3.63) is 223 Å². The first-order valence-corrected chi connectivity index (χ1v) is 19.7. The highest BCUT2D eigenvalue weighted by molar-refractivity contribution is 5.95. The van der Waals surface area contributed by atoms with Crippen LogP contribution < -0.4 is 0 Å². The van der Waals surface area contributed by atoms with E-state index in [0.29, 0.717) is 0 Å². The van der Waals surface area contributed by atoms with E-state index in [1.165, 1.54) is 55.0 Å². The molecule has 270 valence electrons. The SMILES string of the molecule is C=C(C1=CC=CC1/C(=C1/C=CC(c2ccc(-c3nc4ccccc4n3C(/C=C\CC)=C/C)cc2)=CC1)c1ccc2ccccc2c1)c1ccc2ccccc2c1. The summed E-state index contributed by atoms with van der Waals surface area (Å²) in [6, 6.07) is 48.1.